The van der Waals surface area contributed by atoms with E-state index in [1.807, 2.05) is 28.9 Å². The van der Waals surface area contributed by atoms with Crippen molar-refractivity contribution in [2.75, 3.05) is 6.54 Å². The molecule has 0 amide bonds. The molecule has 2 N–H and O–H groups in total. The molecule has 1 aromatic heterocycles. The van der Waals surface area contributed by atoms with Crippen LogP contribution in [0.25, 0.3) is 16.7 Å². The molecule has 0 saturated carbocycles. The Kier molecular flexibility index (Phi) is 3.73. The summed E-state index contributed by atoms with van der Waals surface area (Å²) in [5.41, 5.74) is 12.5. The first kappa shape index (κ1) is 14.4. The molecule has 1 atom stereocenters. The van der Waals surface area contributed by atoms with E-state index in [4.69, 9.17) is 5.73 Å². The van der Waals surface area contributed by atoms with E-state index in [-0.39, 0.29) is 6.04 Å². The summed E-state index contributed by atoms with van der Waals surface area (Å²) in [6.07, 6.45) is 0. The highest BCUT2D eigenvalue weighted by molar-refractivity contribution is 5.76. The van der Waals surface area contributed by atoms with Crippen molar-refractivity contribution in [2.45, 2.75) is 19.9 Å². The minimum absolute atomic E-state index is 0.126. The lowest BCUT2D eigenvalue weighted by atomic mass is 9.95. The first-order valence-electron chi connectivity index (χ1n) is 7.22. The fourth-order valence-electron chi connectivity index (χ4n) is 2.95. The molecule has 0 aliphatic heterocycles. The lowest BCUT2D eigenvalue weighted by molar-refractivity contribution is 0.728. The van der Waals surface area contributed by atoms with E-state index in [1.165, 1.54) is 0 Å². The quantitative estimate of drug-likeness (QED) is 0.752. The topological polar surface area (TPSA) is 69.1 Å². The Morgan fingerprint density at radius 3 is 2.59 bits per heavy atom. The average molecular weight is 293 g/mol. The summed E-state index contributed by atoms with van der Waals surface area (Å²) in [5.74, 6) is 0. The molecule has 5 heteroatoms. The molecule has 2 aromatic carbocycles. The number of aromatic nitrogens is 3. The van der Waals surface area contributed by atoms with Gasteiger partial charge in [-0.3, -0.25) is 4.99 Å². The van der Waals surface area contributed by atoms with Gasteiger partial charge < -0.3 is 5.73 Å². The van der Waals surface area contributed by atoms with E-state index in [0.717, 1.165) is 33.4 Å². The van der Waals surface area contributed by atoms with Crippen LogP contribution in [0.4, 0.5) is 0 Å². The van der Waals surface area contributed by atoms with Gasteiger partial charge in [0.15, 0.2) is 0 Å². The second-order valence-electron chi connectivity index (χ2n) is 5.50. The lowest BCUT2D eigenvalue weighted by Gasteiger charge is -2.17. The molecule has 0 radical (unpaired) electrons. The second kappa shape index (κ2) is 5.69. The Labute approximate surface area is 129 Å². The van der Waals surface area contributed by atoms with Gasteiger partial charge in [-0.1, -0.05) is 17.3 Å². The molecule has 1 heterocycles. The largest absolute Gasteiger partial charge is 0.322 e. The van der Waals surface area contributed by atoms with Crippen molar-refractivity contribution in [3.63, 3.8) is 0 Å². The van der Waals surface area contributed by atoms with Crippen LogP contribution in [0.15, 0.2) is 41.4 Å². The Balaban J connectivity index is 2.12. The molecule has 3 rings (SSSR count). The van der Waals surface area contributed by atoms with Crippen molar-refractivity contribution in [1.29, 1.82) is 0 Å². The zero-order chi connectivity index (χ0) is 15.7. The van der Waals surface area contributed by atoms with Crippen LogP contribution in [0.5, 0.6) is 0 Å². The third-order valence-electron chi connectivity index (χ3n) is 3.87. The van der Waals surface area contributed by atoms with Gasteiger partial charge in [0.2, 0.25) is 0 Å². The maximum Gasteiger partial charge on any atom is 0.113 e. The number of benzene rings is 2. The van der Waals surface area contributed by atoms with E-state index in [1.54, 1.807) is 0 Å². The summed E-state index contributed by atoms with van der Waals surface area (Å²) < 4.78 is 1.86. The molecule has 3 aromatic rings. The number of para-hydroxylation sites is 1. The Bertz CT molecular complexity index is 811. The first-order chi connectivity index (χ1) is 10.6. The Hall–Kier alpha value is -2.53. The van der Waals surface area contributed by atoms with E-state index in [2.05, 4.69) is 48.0 Å². The summed E-state index contributed by atoms with van der Waals surface area (Å²) >= 11 is 0. The van der Waals surface area contributed by atoms with E-state index in [9.17, 15) is 0 Å². The summed E-state index contributed by atoms with van der Waals surface area (Å²) in [5, 5.41) is 8.47. The number of aryl methyl sites for hydroxylation is 2. The Morgan fingerprint density at radius 2 is 1.91 bits per heavy atom. The number of nitrogens with two attached hydrogens (primary N) is 1. The van der Waals surface area contributed by atoms with Crippen LogP contribution in [0.1, 0.15) is 22.7 Å². The molecular weight excluding hydrogens is 274 g/mol. The van der Waals surface area contributed by atoms with Gasteiger partial charge in [-0.2, -0.15) is 0 Å². The first-order valence-corrected chi connectivity index (χ1v) is 7.22. The predicted molar refractivity (Wildman–Crippen MR) is 89.7 cm³/mol. The average Bonchev–Trinajstić information content (AvgIpc) is 2.90. The molecule has 0 bridgehead atoms. The number of fused-ring (bicyclic) bond motifs is 1. The van der Waals surface area contributed by atoms with Crippen LogP contribution in [0.2, 0.25) is 0 Å². The van der Waals surface area contributed by atoms with Gasteiger partial charge in [0.1, 0.15) is 5.52 Å². The maximum absolute atomic E-state index is 6.20. The van der Waals surface area contributed by atoms with Crippen LogP contribution >= 0.6 is 0 Å². The van der Waals surface area contributed by atoms with Crippen molar-refractivity contribution in [2.24, 2.45) is 10.7 Å². The minimum atomic E-state index is -0.126. The van der Waals surface area contributed by atoms with Crippen LogP contribution in [-0.2, 0) is 0 Å². The highest BCUT2D eigenvalue weighted by atomic mass is 15.4. The fourth-order valence-corrected chi connectivity index (χ4v) is 2.95. The van der Waals surface area contributed by atoms with Crippen LogP contribution in [0.3, 0.4) is 0 Å². The van der Waals surface area contributed by atoms with Crippen LogP contribution < -0.4 is 5.73 Å². The van der Waals surface area contributed by atoms with Crippen molar-refractivity contribution < 1.29 is 0 Å². The number of hydrogen-bond acceptors (Lipinski definition) is 4. The predicted octanol–water partition coefficient (Wildman–Crippen LogP) is 2.74. The number of hydrogen-bond donors (Lipinski definition) is 1. The van der Waals surface area contributed by atoms with E-state index >= 15 is 0 Å². The summed E-state index contributed by atoms with van der Waals surface area (Å²) in [7, 11) is 0. The molecule has 0 fully saturated rings. The molecule has 0 aliphatic carbocycles. The zero-order valence-corrected chi connectivity index (χ0v) is 12.8. The van der Waals surface area contributed by atoms with Crippen molar-refractivity contribution in [3.8, 4) is 5.69 Å². The number of aliphatic imine (C=N–C) groups is 1. The minimum Gasteiger partial charge on any atom is -0.322 e. The molecule has 0 spiro atoms. The molecular formula is C17H19N5. The summed E-state index contributed by atoms with van der Waals surface area (Å²) in [6, 6.07) is 12.0. The van der Waals surface area contributed by atoms with Crippen molar-refractivity contribution in [3.05, 3.63) is 53.1 Å². The van der Waals surface area contributed by atoms with Crippen LogP contribution in [0, 0.1) is 13.8 Å². The van der Waals surface area contributed by atoms with Crippen molar-refractivity contribution >= 4 is 17.8 Å². The zero-order valence-electron chi connectivity index (χ0n) is 12.8. The van der Waals surface area contributed by atoms with E-state index in [0.29, 0.717) is 6.54 Å². The monoisotopic (exact) mass is 293 g/mol. The number of rotatable bonds is 4. The number of nitrogens with zero attached hydrogens (tertiary/aromatic N) is 4. The summed E-state index contributed by atoms with van der Waals surface area (Å²) in [4.78, 5) is 3.90. The van der Waals surface area contributed by atoms with Gasteiger partial charge in [-0.05, 0) is 61.5 Å². The standard InChI is InChI=1S/C17H19N5/c1-11-8-13(9-12(2)17(11)14(18)10-19-3)22-16-7-5-4-6-15(16)20-21-22/h4-9,14H,3,10,18H2,1-2H3. The summed E-state index contributed by atoms with van der Waals surface area (Å²) in [6.45, 7) is 8.17. The van der Waals surface area contributed by atoms with Gasteiger partial charge in [0.05, 0.1) is 17.7 Å². The highest BCUT2D eigenvalue weighted by Gasteiger charge is 2.14. The highest BCUT2D eigenvalue weighted by Crippen LogP contribution is 2.25. The van der Waals surface area contributed by atoms with E-state index < -0.39 is 0 Å². The van der Waals surface area contributed by atoms with Gasteiger partial charge in [0.25, 0.3) is 0 Å². The van der Waals surface area contributed by atoms with Gasteiger partial charge in [-0.15, -0.1) is 5.10 Å². The molecule has 0 saturated heterocycles. The molecule has 1 unspecified atom stereocenters. The third-order valence-corrected chi connectivity index (χ3v) is 3.87. The van der Waals surface area contributed by atoms with Crippen LogP contribution in [-0.4, -0.2) is 28.3 Å². The molecule has 5 nitrogen and oxygen atoms in total. The fraction of sp³-hybridized carbons (Fsp3) is 0.235. The van der Waals surface area contributed by atoms with Gasteiger partial charge in [-0.25, -0.2) is 4.68 Å². The van der Waals surface area contributed by atoms with Crippen molar-refractivity contribution in [1.82, 2.24) is 15.0 Å². The van der Waals surface area contributed by atoms with Gasteiger partial charge >= 0.3 is 0 Å². The van der Waals surface area contributed by atoms with Gasteiger partial charge in [0, 0.05) is 6.04 Å². The third kappa shape index (κ3) is 2.40. The Morgan fingerprint density at radius 1 is 1.23 bits per heavy atom. The SMILES string of the molecule is C=NCC(N)c1c(C)cc(-n2nnc3ccccc32)cc1C. The maximum atomic E-state index is 6.20. The molecule has 0 aliphatic rings. The normalized spacial score (nSPS) is 12.5. The smallest absolute Gasteiger partial charge is 0.113 e. The molecule has 22 heavy (non-hydrogen) atoms. The lowest BCUT2D eigenvalue weighted by Crippen LogP contribution is -2.17. The second-order valence-corrected chi connectivity index (χ2v) is 5.50. The molecule has 112 valence electrons.